The molecule has 8 heteroatoms. The maximum absolute atomic E-state index is 13.6. The van der Waals surface area contributed by atoms with Crippen LogP contribution in [0.3, 0.4) is 0 Å². The predicted octanol–water partition coefficient (Wildman–Crippen LogP) is 2.25. The molecule has 0 saturated carbocycles. The maximum Gasteiger partial charge on any atom is 0.256 e. The minimum absolute atomic E-state index is 0.127. The first-order chi connectivity index (χ1) is 15.8. The number of amides is 1. The van der Waals surface area contributed by atoms with Crippen molar-refractivity contribution in [3.8, 4) is 0 Å². The lowest BCUT2D eigenvalue weighted by Gasteiger charge is -2.32. The van der Waals surface area contributed by atoms with Gasteiger partial charge in [-0.1, -0.05) is 24.3 Å². The van der Waals surface area contributed by atoms with Crippen LogP contribution in [0.25, 0.3) is 10.8 Å². The summed E-state index contributed by atoms with van der Waals surface area (Å²) in [7, 11) is -1.63. The number of nitrogens with one attached hydrogen (secondary N) is 1. The molecule has 1 fully saturated rings. The number of hydrogen-bond acceptors (Lipinski definition) is 5. The summed E-state index contributed by atoms with van der Waals surface area (Å²) in [5, 5.41) is 0.789. The third-order valence-electron chi connectivity index (χ3n) is 6.91. The van der Waals surface area contributed by atoms with Crippen molar-refractivity contribution in [2.24, 2.45) is 0 Å². The number of benzene rings is 2. The highest BCUT2D eigenvalue weighted by Gasteiger charge is 2.33. The van der Waals surface area contributed by atoms with E-state index in [9.17, 15) is 18.0 Å². The molecule has 1 saturated heterocycles. The van der Waals surface area contributed by atoms with Crippen LogP contribution in [-0.2, 0) is 22.7 Å². The third-order valence-corrected chi connectivity index (χ3v) is 9.10. The number of aromatic amines is 1. The van der Waals surface area contributed by atoms with Gasteiger partial charge in [0, 0.05) is 42.8 Å². The molecule has 1 amide bonds. The standard InChI is InChI=1S/C25H27N3O4S/c1-27-11-13-28(14-12-27)25(30)17-5-4-6-18(15-17)33(31,32)19-9-10-23-22(16-19)20-7-2-3-8-21(20)24(29)26-23/h2-8,15,19H,9-14,16H2,1H3,(H,26,29). The van der Waals surface area contributed by atoms with E-state index in [1.54, 1.807) is 29.2 Å². The minimum atomic E-state index is -3.65. The quantitative estimate of drug-likeness (QED) is 0.641. The first kappa shape index (κ1) is 21.9. The van der Waals surface area contributed by atoms with E-state index in [4.69, 9.17) is 0 Å². The van der Waals surface area contributed by atoms with Gasteiger partial charge in [-0.15, -0.1) is 0 Å². The van der Waals surface area contributed by atoms with Gasteiger partial charge in [0.2, 0.25) is 0 Å². The topological polar surface area (TPSA) is 90.6 Å². The Hall–Kier alpha value is -2.97. The number of aryl methyl sites for hydroxylation is 1. The summed E-state index contributed by atoms with van der Waals surface area (Å²) >= 11 is 0. The Bertz CT molecular complexity index is 1390. The molecular formula is C25H27N3O4S. The molecule has 5 rings (SSSR count). The van der Waals surface area contributed by atoms with Crippen molar-refractivity contribution < 1.29 is 13.2 Å². The van der Waals surface area contributed by atoms with Gasteiger partial charge in [-0.3, -0.25) is 9.59 Å². The van der Waals surface area contributed by atoms with Gasteiger partial charge >= 0.3 is 0 Å². The number of piperazine rings is 1. The first-order valence-corrected chi connectivity index (χ1v) is 12.8. The fourth-order valence-corrected chi connectivity index (χ4v) is 6.68. The fraction of sp³-hybridized carbons (Fsp3) is 0.360. The largest absolute Gasteiger partial charge is 0.336 e. The van der Waals surface area contributed by atoms with E-state index in [2.05, 4.69) is 9.88 Å². The van der Waals surface area contributed by atoms with E-state index in [0.29, 0.717) is 43.3 Å². The zero-order chi connectivity index (χ0) is 23.2. The Balaban J connectivity index is 1.44. The predicted molar refractivity (Wildman–Crippen MR) is 127 cm³/mol. The number of pyridine rings is 1. The molecule has 2 aromatic carbocycles. The highest BCUT2D eigenvalue weighted by Crippen LogP contribution is 2.32. The molecular weight excluding hydrogens is 438 g/mol. The second kappa shape index (κ2) is 8.43. The van der Waals surface area contributed by atoms with E-state index in [-0.39, 0.29) is 16.4 Å². The fourth-order valence-electron chi connectivity index (χ4n) is 4.92. The van der Waals surface area contributed by atoms with Crippen LogP contribution in [0.1, 0.15) is 28.0 Å². The summed E-state index contributed by atoms with van der Waals surface area (Å²) in [5.74, 6) is -0.127. The maximum atomic E-state index is 13.6. The Labute approximate surface area is 192 Å². The number of likely N-dealkylation sites (N-methyl/N-ethyl adjacent to an activating group) is 1. The van der Waals surface area contributed by atoms with Crippen molar-refractivity contribution in [3.05, 3.63) is 75.7 Å². The van der Waals surface area contributed by atoms with E-state index in [1.165, 1.54) is 6.07 Å². The average molecular weight is 466 g/mol. The lowest BCUT2D eigenvalue weighted by Crippen LogP contribution is -2.47. The van der Waals surface area contributed by atoms with Gasteiger partial charge in [-0.05, 0) is 61.5 Å². The van der Waals surface area contributed by atoms with E-state index in [1.807, 2.05) is 25.2 Å². The zero-order valence-corrected chi connectivity index (χ0v) is 19.4. The van der Waals surface area contributed by atoms with Crippen LogP contribution in [0.15, 0.2) is 58.2 Å². The molecule has 33 heavy (non-hydrogen) atoms. The van der Waals surface area contributed by atoms with E-state index < -0.39 is 15.1 Å². The van der Waals surface area contributed by atoms with Crippen LogP contribution in [0.4, 0.5) is 0 Å². The first-order valence-electron chi connectivity index (χ1n) is 11.3. The number of carbonyl (C=O) groups is 1. The zero-order valence-electron chi connectivity index (χ0n) is 18.6. The molecule has 2 heterocycles. The van der Waals surface area contributed by atoms with Gasteiger partial charge < -0.3 is 14.8 Å². The van der Waals surface area contributed by atoms with Crippen molar-refractivity contribution >= 4 is 26.5 Å². The molecule has 1 N–H and O–H groups in total. The van der Waals surface area contributed by atoms with Crippen molar-refractivity contribution in [2.75, 3.05) is 33.2 Å². The van der Waals surface area contributed by atoms with E-state index in [0.717, 1.165) is 29.7 Å². The van der Waals surface area contributed by atoms with Crippen LogP contribution in [0.2, 0.25) is 0 Å². The Morgan fingerprint density at radius 1 is 1.00 bits per heavy atom. The second-order valence-electron chi connectivity index (χ2n) is 8.99. The average Bonchev–Trinajstić information content (AvgIpc) is 2.84. The van der Waals surface area contributed by atoms with Gasteiger partial charge in [-0.25, -0.2) is 8.42 Å². The number of fused-ring (bicyclic) bond motifs is 3. The summed E-state index contributed by atoms with van der Waals surface area (Å²) < 4.78 is 27.2. The van der Waals surface area contributed by atoms with Gasteiger partial charge in [0.05, 0.1) is 10.1 Å². The summed E-state index contributed by atoms with van der Waals surface area (Å²) in [6, 6.07) is 13.8. The lowest BCUT2D eigenvalue weighted by atomic mass is 9.91. The van der Waals surface area contributed by atoms with E-state index >= 15 is 0 Å². The molecule has 1 aliphatic heterocycles. The molecule has 1 unspecified atom stereocenters. The molecule has 2 aliphatic rings. The SMILES string of the molecule is CN1CCN(C(=O)c2cccc(S(=O)(=O)C3CCc4[nH]c(=O)c5ccccc5c4C3)c2)CC1. The van der Waals surface area contributed by atoms with Crippen LogP contribution in [0.5, 0.6) is 0 Å². The molecule has 0 radical (unpaired) electrons. The summed E-state index contributed by atoms with van der Waals surface area (Å²) in [5.41, 5.74) is 1.99. The molecule has 7 nitrogen and oxygen atoms in total. The number of carbonyl (C=O) groups excluding carboxylic acids is 1. The molecule has 3 aromatic rings. The number of aromatic nitrogens is 1. The monoisotopic (exact) mass is 465 g/mol. The van der Waals surface area contributed by atoms with Crippen LogP contribution in [-0.4, -0.2) is 67.6 Å². The highest BCUT2D eigenvalue weighted by molar-refractivity contribution is 7.92. The molecule has 1 aromatic heterocycles. The van der Waals surface area contributed by atoms with Gasteiger partial charge in [0.1, 0.15) is 0 Å². The summed E-state index contributed by atoms with van der Waals surface area (Å²) in [6.07, 6.45) is 1.27. The number of sulfone groups is 1. The van der Waals surface area contributed by atoms with Crippen LogP contribution < -0.4 is 5.56 Å². The number of nitrogens with zero attached hydrogens (tertiary/aromatic N) is 2. The lowest BCUT2D eigenvalue weighted by molar-refractivity contribution is 0.0664. The molecule has 0 spiro atoms. The Kier molecular flexibility index (Phi) is 5.58. The summed E-state index contributed by atoms with van der Waals surface area (Å²) in [4.78, 5) is 32.4. The van der Waals surface area contributed by atoms with Crippen LogP contribution >= 0.6 is 0 Å². The molecule has 1 aliphatic carbocycles. The smallest absolute Gasteiger partial charge is 0.256 e. The number of H-pyrrole nitrogens is 1. The number of rotatable bonds is 3. The van der Waals surface area contributed by atoms with Gasteiger partial charge in [0.15, 0.2) is 9.84 Å². The van der Waals surface area contributed by atoms with Gasteiger partial charge in [-0.2, -0.15) is 0 Å². The normalized spacial score (nSPS) is 19.4. The second-order valence-corrected chi connectivity index (χ2v) is 11.2. The molecule has 172 valence electrons. The minimum Gasteiger partial charge on any atom is -0.336 e. The van der Waals surface area contributed by atoms with Crippen molar-refractivity contribution in [1.82, 2.24) is 14.8 Å². The number of hydrogen-bond donors (Lipinski definition) is 1. The highest BCUT2D eigenvalue weighted by atomic mass is 32.2. The van der Waals surface area contributed by atoms with Gasteiger partial charge in [0.25, 0.3) is 11.5 Å². The molecule has 0 bridgehead atoms. The Morgan fingerprint density at radius 2 is 1.73 bits per heavy atom. The third kappa shape index (κ3) is 3.98. The van der Waals surface area contributed by atoms with Crippen molar-refractivity contribution in [2.45, 2.75) is 29.4 Å². The van der Waals surface area contributed by atoms with Crippen molar-refractivity contribution in [1.29, 1.82) is 0 Å². The summed E-state index contributed by atoms with van der Waals surface area (Å²) in [6.45, 7) is 2.89. The van der Waals surface area contributed by atoms with Crippen molar-refractivity contribution in [3.63, 3.8) is 0 Å². The Morgan fingerprint density at radius 3 is 2.48 bits per heavy atom. The molecule has 1 atom stereocenters. The van der Waals surface area contributed by atoms with Crippen LogP contribution in [0, 0.1) is 0 Å².